The van der Waals surface area contributed by atoms with Gasteiger partial charge >= 0.3 is 0 Å². The zero-order valence-corrected chi connectivity index (χ0v) is 35.5. The third-order valence-corrected chi connectivity index (χ3v) is 13.7. The number of hydrogen-bond acceptors (Lipinski definition) is 4. The van der Waals surface area contributed by atoms with Crippen molar-refractivity contribution < 1.29 is 18.9 Å². The van der Waals surface area contributed by atoms with Crippen LogP contribution in [-0.2, 0) is 21.7 Å². The quantitative estimate of drug-likeness (QED) is 0.123. The number of hydrogen-bond donors (Lipinski definition) is 4. The Morgan fingerprint density at radius 2 is 0.400 bits per heavy atom. The first-order chi connectivity index (χ1) is 29.0. The summed E-state index contributed by atoms with van der Waals surface area (Å²) in [6, 6.07) is 51.6. The minimum atomic E-state index is -0.629. The first-order valence-corrected chi connectivity index (χ1v) is 20.4. The standard InChI is InChI=1S/C52H52N4O4/c1-49(33-9-17-37(57-5)18-10-33)41-25-27-43(53-41)50(2,34-11-19-38(58-6)20-12-34)45-29-31-47(55-45)52(4,36-15-23-40(60-8)24-16-36)48-32-30-46(56-48)51(3,44-28-26-42(49)54-44)35-13-21-39(59-7)22-14-35/h9-32,53-56H,1-8H3. The highest BCUT2D eigenvalue weighted by atomic mass is 16.5. The molecule has 4 aromatic heterocycles. The monoisotopic (exact) mass is 796 g/mol. The molecule has 8 aromatic rings. The molecule has 9 rings (SSSR count). The molecule has 0 unspecified atom stereocenters. The molecule has 8 nitrogen and oxygen atoms in total. The number of methoxy groups -OCH3 is 4. The predicted molar refractivity (Wildman–Crippen MR) is 237 cm³/mol. The summed E-state index contributed by atoms with van der Waals surface area (Å²) < 4.78 is 22.5. The van der Waals surface area contributed by atoms with Gasteiger partial charge in [0, 0.05) is 45.6 Å². The van der Waals surface area contributed by atoms with Gasteiger partial charge in [0.1, 0.15) is 23.0 Å². The maximum atomic E-state index is 5.63. The topological polar surface area (TPSA) is 100 Å². The summed E-state index contributed by atoms with van der Waals surface area (Å²) in [5.74, 6) is 3.23. The lowest BCUT2D eigenvalue weighted by Crippen LogP contribution is -2.32. The maximum absolute atomic E-state index is 5.63. The second-order valence-electron chi connectivity index (χ2n) is 16.6. The molecule has 8 bridgehead atoms. The highest BCUT2D eigenvalue weighted by Gasteiger charge is 2.43. The first kappa shape index (κ1) is 38.7. The van der Waals surface area contributed by atoms with Crippen LogP contribution in [0.15, 0.2) is 146 Å². The molecule has 0 amide bonds. The van der Waals surface area contributed by atoms with E-state index in [2.05, 4.69) is 145 Å². The number of rotatable bonds is 8. The molecule has 0 atom stereocenters. The second-order valence-corrected chi connectivity index (χ2v) is 16.6. The fourth-order valence-electron chi connectivity index (χ4n) is 9.44. The SMILES string of the molecule is COc1ccc(C2(C)c3ccc([nH]3)C(C)(c3ccc(OC)cc3)c3ccc([nH]3)C(C)(c3ccc(OC)cc3)c3ccc([nH]3)C(C)(c3ccc(OC)cc3)c3ccc2[nH]3)cc1. The van der Waals surface area contributed by atoms with Gasteiger partial charge in [0.2, 0.25) is 0 Å². The van der Waals surface area contributed by atoms with Crippen LogP contribution < -0.4 is 18.9 Å². The molecule has 0 radical (unpaired) electrons. The van der Waals surface area contributed by atoms with Gasteiger partial charge in [-0.15, -0.1) is 0 Å². The minimum Gasteiger partial charge on any atom is -0.497 e. The first-order valence-electron chi connectivity index (χ1n) is 20.4. The van der Waals surface area contributed by atoms with E-state index in [0.717, 1.165) is 90.8 Å². The van der Waals surface area contributed by atoms with Crippen molar-refractivity contribution in [3.8, 4) is 23.0 Å². The van der Waals surface area contributed by atoms with E-state index in [0.29, 0.717) is 0 Å². The van der Waals surface area contributed by atoms with Crippen molar-refractivity contribution in [2.24, 2.45) is 0 Å². The Morgan fingerprint density at radius 3 is 0.533 bits per heavy atom. The molecule has 8 heteroatoms. The van der Waals surface area contributed by atoms with E-state index in [1.807, 2.05) is 48.5 Å². The summed E-state index contributed by atoms with van der Waals surface area (Å²) >= 11 is 0. The van der Waals surface area contributed by atoms with Gasteiger partial charge in [0.25, 0.3) is 0 Å². The predicted octanol–water partition coefficient (Wildman–Crippen LogP) is 10.8. The zero-order valence-electron chi connectivity index (χ0n) is 35.5. The zero-order chi connectivity index (χ0) is 41.9. The maximum Gasteiger partial charge on any atom is 0.118 e. The number of aromatic amines is 4. The van der Waals surface area contributed by atoms with Crippen LogP contribution in [-0.4, -0.2) is 48.4 Å². The molecule has 0 spiro atoms. The lowest BCUT2D eigenvalue weighted by atomic mass is 9.76. The molecule has 0 saturated heterocycles. The van der Waals surface area contributed by atoms with E-state index in [4.69, 9.17) is 18.9 Å². The van der Waals surface area contributed by atoms with E-state index in [1.165, 1.54) is 0 Å². The summed E-state index contributed by atoms with van der Waals surface area (Å²) in [6.45, 7) is 9.16. The van der Waals surface area contributed by atoms with Crippen LogP contribution in [0.1, 0.15) is 95.5 Å². The second kappa shape index (κ2) is 14.5. The average molecular weight is 797 g/mol. The van der Waals surface area contributed by atoms with Crippen molar-refractivity contribution in [3.63, 3.8) is 0 Å². The highest BCUT2D eigenvalue weighted by molar-refractivity contribution is 5.57. The van der Waals surface area contributed by atoms with E-state index >= 15 is 0 Å². The fraction of sp³-hybridized carbons (Fsp3) is 0.231. The Labute approximate surface area is 351 Å². The van der Waals surface area contributed by atoms with E-state index in [-0.39, 0.29) is 0 Å². The van der Waals surface area contributed by atoms with E-state index < -0.39 is 21.7 Å². The van der Waals surface area contributed by atoms with Gasteiger partial charge in [-0.1, -0.05) is 48.5 Å². The van der Waals surface area contributed by atoms with Crippen LogP contribution in [0.3, 0.4) is 0 Å². The van der Waals surface area contributed by atoms with Crippen LogP contribution in [0.5, 0.6) is 23.0 Å². The third kappa shape index (κ3) is 5.80. The third-order valence-electron chi connectivity index (χ3n) is 13.7. The van der Waals surface area contributed by atoms with Crippen molar-refractivity contribution in [1.29, 1.82) is 0 Å². The fourth-order valence-corrected chi connectivity index (χ4v) is 9.44. The van der Waals surface area contributed by atoms with Crippen molar-refractivity contribution in [3.05, 3.63) is 213 Å². The Balaban J connectivity index is 1.35. The van der Waals surface area contributed by atoms with Gasteiger partial charge in [-0.25, -0.2) is 0 Å². The molecule has 0 aliphatic carbocycles. The lowest BCUT2D eigenvalue weighted by molar-refractivity contribution is 0.414. The molecule has 60 heavy (non-hydrogen) atoms. The van der Waals surface area contributed by atoms with Crippen molar-refractivity contribution in [2.45, 2.75) is 49.4 Å². The Hall–Kier alpha value is -6.80. The van der Waals surface area contributed by atoms with Crippen molar-refractivity contribution in [1.82, 2.24) is 19.9 Å². The molecule has 4 N–H and O–H groups in total. The van der Waals surface area contributed by atoms with Crippen molar-refractivity contribution in [2.75, 3.05) is 28.4 Å². The molecular formula is C52H52N4O4. The number of fused-ring (bicyclic) bond motifs is 8. The molecule has 5 heterocycles. The van der Waals surface area contributed by atoms with Gasteiger partial charge in [0.05, 0.1) is 50.1 Å². The van der Waals surface area contributed by atoms with Gasteiger partial charge in [0.15, 0.2) is 0 Å². The molecule has 304 valence electrons. The van der Waals surface area contributed by atoms with Gasteiger partial charge in [-0.05, 0) is 147 Å². The molecule has 1 aliphatic heterocycles. The molecule has 1 aliphatic rings. The summed E-state index contributed by atoms with van der Waals surface area (Å²) in [5.41, 5.74) is 10.3. The number of ether oxygens (including phenoxy) is 4. The van der Waals surface area contributed by atoms with Crippen molar-refractivity contribution >= 4 is 0 Å². The Kier molecular flexibility index (Phi) is 9.34. The van der Waals surface area contributed by atoms with Crippen LogP contribution in [0, 0.1) is 0 Å². The Bertz CT molecular complexity index is 2290. The number of aromatic nitrogens is 4. The van der Waals surface area contributed by atoms with Gasteiger partial charge < -0.3 is 38.9 Å². The molecular weight excluding hydrogens is 745 g/mol. The summed E-state index contributed by atoms with van der Waals surface area (Å²) in [5, 5.41) is 0. The largest absolute Gasteiger partial charge is 0.497 e. The normalized spacial score (nSPS) is 22.3. The van der Waals surface area contributed by atoms with Crippen LogP contribution in [0.25, 0.3) is 0 Å². The molecule has 4 aromatic carbocycles. The number of H-pyrrole nitrogens is 4. The number of benzene rings is 4. The van der Waals surface area contributed by atoms with Crippen LogP contribution >= 0.6 is 0 Å². The smallest absolute Gasteiger partial charge is 0.118 e. The highest BCUT2D eigenvalue weighted by Crippen LogP contribution is 2.48. The van der Waals surface area contributed by atoms with Crippen LogP contribution in [0.4, 0.5) is 0 Å². The summed E-state index contributed by atoms with van der Waals surface area (Å²) in [7, 11) is 6.81. The van der Waals surface area contributed by atoms with E-state index in [1.54, 1.807) is 28.4 Å². The van der Waals surface area contributed by atoms with Crippen LogP contribution in [0.2, 0.25) is 0 Å². The summed E-state index contributed by atoms with van der Waals surface area (Å²) in [6.07, 6.45) is 0. The number of nitrogens with one attached hydrogen (secondary N) is 4. The van der Waals surface area contributed by atoms with E-state index in [9.17, 15) is 0 Å². The molecule has 0 saturated carbocycles. The lowest BCUT2D eigenvalue weighted by Gasteiger charge is -2.34. The van der Waals surface area contributed by atoms with Gasteiger partial charge in [-0.3, -0.25) is 0 Å². The summed E-state index contributed by atoms with van der Waals surface area (Å²) in [4.78, 5) is 16.1. The Morgan fingerprint density at radius 1 is 0.250 bits per heavy atom. The van der Waals surface area contributed by atoms with Gasteiger partial charge in [-0.2, -0.15) is 0 Å². The average Bonchev–Trinajstić information content (AvgIpc) is 4.16. The minimum absolute atomic E-state index is 0.629. The molecule has 0 fully saturated rings.